The monoisotopic (exact) mass is 343 g/mol. The topological polar surface area (TPSA) is 97.9 Å². The molecule has 8 heteroatoms. The van der Waals surface area contributed by atoms with E-state index in [9.17, 15) is 9.59 Å². The summed E-state index contributed by atoms with van der Waals surface area (Å²) in [7, 11) is 1.59. The Kier molecular flexibility index (Phi) is 4.89. The van der Waals surface area contributed by atoms with Crippen LogP contribution in [0.4, 0.5) is 4.79 Å². The van der Waals surface area contributed by atoms with E-state index in [-0.39, 0.29) is 6.79 Å². The van der Waals surface area contributed by atoms with E-state index in [1.165, 1.54) is 0 Å². The lowest BCUT2D eigenvalue weighted by atomic mass is 10.2. The average molecular weight is 343 g/mol. The van der Waals surface area contributed by atoms with Gasteiger partial charge in [0.25, 0.3) is 5.91 Å². The predicted octanol–water partition coefficient (Wildman–Crippen LogP) is 1.57. The van der Waals surface area contributed by atoms with Crippen LogP contribution in [0.5, 0.6) is 17.2 Å². The Hall–Kier alpha value is -3.42. The van der Waals surface area contributed by atoms with E-state index in [2.05, 4.69) is 16.2 Å². The molecule has 0 saturated carbocycles. The van der Waals surface area contributed by atoms with Crippen LogP contribution in [-0.4, -0.2) is 25.8 Å². The molecule has 3 N–H and O–H groups in total. The van der Waals surface area contributed by atoms with Gasteiger partial charge in [-0.3, -0.25) is 10.2 Å². The summed E-state index contributed by atoms with van der Waals surface area (Å²) in [6.07, 6.45) is 0. The summed E-state index contributed by atoms with van der Waals surface area (Å²) in [5, 5.41) is 2.63. The molecule has 0 spiro atoms. The van der Waals surface area contributed by atoms with Gasteiger partial charge in [-0.1, -0.05) is 12.1 Å². The third-order valence-corrected chi connectivity index (χ3v) is 3.54. The molecule has 0 fully saturated rings. The molecule has 3 amide bonds. The number of benzene rings is 2. The largest absolute Gasteiger partial charge is 0.497 e. The highest BCUT2D eigenvalue weighted by Gasteiger charge is 2.16. The Balaban J connectivity index is 1.46. The summed E-state index contributed by atoms with van der Waals surface area (Å²) in [6, 6.07) is 11.5. The van der Waals surface area contributed by atoms with Crippen molar-refractivity contribution < 1.29 is 23.8 Å². The van der Waals surface area contributed by atoms with Crippen molar-refractivity contribution in [2.75, 3.05) is 13.9 Å². The third kappa shape index (κ3) is 4.11. The minimum Gasteiger partial charge on any atom is -0.497 e. The van der Waals surface area contributed by atoms with Gasteiger partial charge < -0.3 is 19.5 Å². The number of amides is 3. The molecule has 0 unspecified atom stereocenters. The lowest BCUT2D eigenvalue weighted by molar-refractivity contribution is 0.0936. The molecule has 0 saturated heterocycles. The summed E-state index contributed by atoms with van der Waals surface area (Å²) >= 11 is 0. The fourth-order valence-corrected chi connectivity index (χ4v) is 2.19. The second kappa shape index (κ2) is 7.43. The summed E-state index contributed by atoms with van der Waals surface area (Å²) in [4.78, 5) is 23.8. The zero-order valence-corrected chi connectivity index (χ0v) is 13.5. The van der Waals surface area contributed by atoms with E-state index in [0.29, 0.717) is 23.6 Å². The molecule has 3 rings (SSSR count). The average Bonchev–Trinajstić information content (AvgIpc) is 3.12. The molecule has 130 valence electrons. The zero-order chi connectivity index (χ0) is 17.6. The van der Waals surface area contributed by atoms with Gasteiger partial charge in [-0.25, -0.2) is 10.2 Å². The lowest BCUT2D eigenvalue weighted by Gasteiger charge is -2.10. The molecular weight excluding hydrogens is 326 g/mol. The number of carbonyl (C=O) groups excluding carboxylic acids is 2. The van der Waals surface area contributed by atoms with Gasteiger partial charge in [0.05, 0.1) is 7.11 Å². The predicted molar refractivity (Wildman–Crippen MR) is 88.4 cm³/mol. The van der Waals surface area contributed by atoms with Crippen molar-refractivity contribution in [1.82, 2.24) is 16.2 Å². The van der Waals surface area contributed by atoms with Crippen LogP contribution in [0.25, 0.3) is 0 Å². The maximum atomic E-state index is 12.0. The fourth-order valence-electron chi connectivity index (χ4n) is 2.19. The van der Waals surface area contributed by atoms with E-state index >= 15 is 0 Å². The Bertz CT molecular complexity index is 776. The Morgan fingerprint density at radius 1 is 1.04 bits per heavy atom. The van der Waals surface area contributed by atoms with E-state index in [4.69, 9.17) is 14.2 Å². The van der Waals surface area contributed by atoms with Gasteiger partial charge >= 0.3 is 6.03 Å². The molecule has 0 radical (unpaired) electrons. The van der Waals surface area contributed by atoms with Gasteiger partial charge in [0.15, 0.2) is 11.5 Å². The molecule has 0 aliphatic carbocycles. The SMILES string of the molecule is COc1ccc(CNC(=O)NNC(=O)c2ccc3c(c2)OCO3)cc1. The van der Waals surface area contributed by atoms with Crippen LogP contribution >= 0.6 is 0 Å². The number of rotatable bonds is 4. The maximum Gasteiger partial charge on any atom is 0.333 e. The third-order valence-electron chi connectivity index (χ3n) is 3.54. The summed E-state index contributed by atoms with van der Waals surface area (Å²) < 4.78 is 15.5. The molecular formula is C17H17N3O5. The molecule has 1 aliphatic rings. The van der Waals surface area contributed by atoms with E-state index < -0.39 is 11.9 Å². The highest BCUT2D eigenvalue weighted by molar-refractivity contribution is 5.95. The van der Waals surface area contributed by atoms with Gasteiger partial charge in [0.2, 0.25) is 6.79 Å². The quantitative estimate of drug-likeness (QED) is 0.732. The van der Waals surface area contributed by atoms with Gasteiger partial charge in [0, 0.05) is 12.1 Å². The van der Waals surface area contributed by atoms with Crippen LogP contribution in [-0.2, 0) is 6.54 Å². The van der Waals surface area contributed by atoms with Crippen LogP contribution in [0.2, 0.25) is 0 Å². The first-order valence-corrected chi connectivity index (χ1v) is 7.52. The molecule has 1 aliphatic heterocycles. The van der Waals surface area contributed by atoms with Crippen molar-refractivity contribution in [1.29, 1.82) is 0 Å². The van der Waals surface area contributed by atoms with Crippen LogP contribution in [0.1, 0.15) is 15.9 Å². The molecule has 2 aromatic rings. The van der Waals surface area contributed by atoms with Crippen molar-refractivity contribution in [3.05, 3.63) is 53.6 Å². The standard InChI is InChI=1S/C17H17N3O5/c1-23-13-5-2-11(3-6-13)9-18-17(22)20-19-16(21)12-4-7-14-15(8-12)25-10-24-14/h2-8H,9-10H2,1H3,(H,19,21)(H2,18,20,22). The first-order valence-electron chi connectivity index (χ1n) is 7.52. The normalized spacial score (nSPS) is 11.6. The summed E-state index contributed by atoms with van der Waals surface area (Å²) in [5.74, 6) is 1.36. The smallest absolute Gasteiger partial charge is 0.333 e. The van der Waals surface area contributed by atoms with E-state index in [1.54, 1.807) is 37.4 Å². The zero-order valence-electron chi connectivity index (χ0n) is 13.5. The Morgan fingerprint density at radius 3 is 2.56 bits per heavy atom. The maximum absolute atomic E-state index is 12.0. The summed E-state index contributed by atoms with van der Waals surface area (Å²) in [6.45, 7) is 0.447. The van der Waals surface area contributed by atoms with Crippen molar-refractivity contribution in [3.63, 3.8) is 0 Å². The van der Waals surface area contributed by atoms with Crippen molar-refractivity contribution in [2.45, 2.75) is 6.54 Å². The molecule has 8 nitrogen and oxygen atoms in total. The highest BCUT2D eigenvalue weighted by atomic mass is 16.7. The number of hydrogen-bond donors (Lipinski definition) is 3. The number of carbonyl (C=O) groups is 2. The Morgan fingerprint density at radius 2 is 1.80 bits per heavy atom. The van der Waals surface area contributed by atoms with Gasteiger partial charge in [0.1, 0.15) is 5.75 Å². The number of hydrazine groups is 1. The highest BCUT2D eigenvalue weighted by Crippen LogP contribution is 2.32. The van der Waals surface area contributed by atoms with Crippen molar-refractivity contribution >= 4 is 11.9 Å². The second-order valence-electron chi connectivity index (χ2n) is 5.18. The number of hydrogen-bond acceptors (Lipinski definition) is 5. The van der Waals surface area contributed by atoms with Crippen molar-refractivity contribution in [2.24, 2.45) is 0 Å². The molecule has 1 heterocycles. The minimum atomic E-state index is -0.523. The molecule has 0 atom stereocenters. The summed E-state index contributed by atoms with van der Waals surface area (Å²) in [5.41, 5.74) is 5.87. The van der Waals surface area contributed by atoms with Crippen molar-refractivity contribution in [3.8, 4) is 17.2 Å². The van der Waals surface area contributed by atoms with Crippen LogP contribution < -0.4 is 30.4 Å². The Labute approximate surface area is 144 Å². The van der Waals surface area contributed by atoms with Gasteiger partial charge in [-0.2, -0.15) is 0 Å². The molecule has 25 heavy (non-hydrogen) atoms. The first-order chi connectivity index (χ1) is 12.2. The van der Waals surface area contributed by atoms with E-state index in [1.807, 2.05) is 12.1 Å². The van der Waals surface area contributed by atoms with Crippen LogP contribution in [0, 0.1) is 0 Å². The molecule has 2 aromatic carbocycles. The minimum absolute atomic E-state index is 0.131. The molecule has 0 aromatic heterocycles. The fraction of sp³-hybridized carbons (Fsp3) is 0.176. The number of fused-ring (bicyclic) bond motifs is 1. The lowest BCUT2D eigenvalue weighted by Crippen LogP contribution is -2.46. The second-order valence-corrected chi connectivity index (χ2v) is 5.18. The van der Waals surface area contributed by atoms with Crippen LogP contribution in [0.15, 0.2) is 42.5 Å². The number of nitrogens with one attached hydrogen (secondary N) is 3. The molecule has 0 bridgehead atoms. The number of ether oxygens (including phenoxy) is 3. The van der Waals surface area contributed by atoms with Gasteiger partial charge in [-0.05, 0) is 35.9 Å². The van der Waals surface area contributed by atoms with Gasteiger partial charge in [-0.15, -0.1) is 0 Å². The van der Waals surface area contributed by atoms with E-state index in [0.717, 1.165) is 11.3 Å². The first kappa shape index (κ1) is 16.4. The van der Waals surface area contributed by atoms with Crippen LogP contribution in [0.3, 0.4) is 0 Å². The number of urea groups is 1. The number of methoxy groups -OCH3 is 1.